The van der Waals surface area contributed by atoms with E-state index in [9.17, 15) is 4.79 Å². The molecule has 156 valence electrons. The van der Waals surface area contributed by atoms with Crippen molar-refractivity contribution in [1.82, 2.24) is 29.9 Å². The molecule has 1 aliphatic heterocycles. The number of rotatable bonds is 4. The van der Waals surface area contributed by atoms with E-state index in [1.54, 1.807) is 4.68 Å². The maximum Gasteiger partial charge on any atom is 0.270 e. The van der Waals surface area contributed by atoms with Crippen molar-refractivity contribution in [3.05, 3.63) is 64.5 Å². The Hall–Kier alpha value is -2.96. The van der Waals surface area contributed by atoms with Crippen molar-refractivity contribution in [2.75, 3.05) is 0 Å². The topological polar surface area (TPSA) is 77.6 Å². The van der Waals surface area contributed by atoms with Crippen LogP contribution in [0.1, 0.15) is 64.6 Å². The van der Waals surface area contributed by atoms with Gasteiger partial charge in [-0.3, -0.25) is 9.48 Å². The zero-order valence-corrected chi connectivity index (χ0v) is 17.5. The Balaban J connectivity index is 1.27. The van der Waals surface area contributed by atoms with E-state index in [0.717, 1.165) is 80.1 Å². The van der Waals surface area contributed by atoms with Crippen molar-refractivity contribution >= 4 is 5.91 Å². The van der Waals surface area contributed by atoms with E-state index in [0.29, 0.717) is 0 Å². The van der Waals surface area contributed by atoms with Gasteiger partial charge in [0.05, 0.1) is 5.69 Å². The summed E-state index contributed by atoms with van der Waals surface area (Å²) in [5.74, 6) is 2.04. The third-order valence-corrected chi connectivity index (χ3v) is 6.40. The van der Waals surface area contributed by atoms with Gasteiger partial charge in [-0.2, -0.15) is 5.10 Å². The zero-order valence-electron chi connectivity index (χ0n) is 17.5. The summed E-state index contributed by atoms with van der Waals surface area (Å²) in [6.45, 7) is 0.832. The fraction of sp³-hybridized carbons (Fsp3) is 0.478. The minimum atomic E-state index is 0.0142. The molecule has 1 N–H and O–H groups in total. The number of benzene rings is 1. The van der Waals surface area contributed by atoms with Gasteiger partial charge in [-0.05, 0) is 44.1 Å². The molecule has 1 atom stereocenters. The summed E-state index contributed by atoms with van der Waals surface area (Å²) in [6, 6.07) is 10.5. The predicted molar refractivity (Wildman–Crippen MR) is 113 cm³/mol. The first kappa shape index (κ1) is 19.0. The highest BCUT2D eigenvalue weighted by atomic mass is 16.2. The number of hydrogen-bond acceptors (Lipinski definition) is 4. The van der Waals surface area contributed by atoms with Gasteiger partial charge in [0, 0.05) is 38.0 Å². The van der Waals surface area contributed by atoms with Crippen LogP contribution in [-0.2, 0) is 39.3 Å². The van der Waals surface area contributed by atoms with Crippen molar-refractivity contribution in [3.63, 3.8) is 0 Å². The molecule has 0 bridgehead atoms. The average Bonchev–Trinajstić information content (AvgIpc) is 3.22. The Bertz CT molecular complexity index is 1050. The highest BCUT2D eigenvalue weighted by molar-refractivity contribution is 5.94. The molecule has 3 heterocycles. The molecule has 0 fully saturated rings. The van der Waals surface area contributed by atoms with Crippen molar-refractivity contribution in [1.29, 1.82) is 0 Å². The molecule has 30 heavy (non-hydrogen) atoms. The van der Waals surface area contributed by atoms with E-state index >= 15 is 0 Å². The number of carbonyl (C=O) groups excluding carboxylic acids is 1. The molecule has 1 amide bonds. The Labute approximate surface area is 176 Å². The van der Waals surface area contributed by atoms with E-state index in [2.05, 4.69) is 49.4 Å². The number of hydrogen-bond donors (Lipinski definition) is 1. The van der Waals surface area contributed by atoms with Crippen LogP contribution in [-0.4, -0.2) is 36.5 Å². The molecule has 0 spiro atoms. The summed E-state index contributed by atoms with van der Waals surface area (Å²) in [5, 5.41) is 16.7. The number of nitrogens with zero attached hydrogens (tertiary/aromatic N) is 5. The molecule has 5 rings (SSSR count). The number of nitrogens with one attached hydrogen (secondary N) is 1. The van der Waals surface area contributed by atoms with Crippen molar-refractivity contribution in [2.45, 2.75) is 64.0 Å². The molecule has 7 nitrogen and oxygen atoms in total. The van der Waals surface area contributed by atoms with Crippen LogP contribution < -0.4 is 5.32 Å². The van der Waals surface area contributed by atoms with Gasteiger partial charge < -0.3 is 9.88 Å². The van der Waals surface area contributed by atoms with Crippen molar-refractivity contribution < 1.29 is 4.79 Å². The van der Waals surface area contributed by atoms with Crippen LogP contribution in [0.4, 0.5) is 0 Å². The van der Waals surface area contributed by atoms with E-state index in [1.807, 2.05) is 13.1 Å². The number of aryl methyl sites for hydroxylation is 3. The lowest BCUT2D eigenvalue weighted by molar-refractivity contribution is 0.0922. The molecule has 3 aromatic rings. The number of carbonyl (C=O) groups is 1. The molecular weight excluding hydrogens is 376 g/mol. The lowest BCUT2D eigenvalue weighted by Gasteiger charge is -2.17. The van der Waals surface area contributed by atoms with Crippen LogP contribution in [0.15, 0.2) is 30.3 Å². The minimum absolute atomic E-state index is 0.0142. The van der Waals surface area contributed by atoms with Gasteiger partial charge in [-0.1, -0.05) is 30.3 Å². The third-order valence-electron chi connectivity index (χ3n) is 6.40. The predicted octanol–water partition coefficient (Wildman–Crippen LogP) is 2.62. The highest BCUT2D eigenvalue weighted by Crippen LogP contribution is 2.24. The van der Waals surface area contributed by atoms with Gasteiger partial charge in [0.2, 0.25) is 0 Å². The lowest BCUT2D eigenvalue weighted by atomic mass is 9.95. The van der Waals surface area contributed by atoms with E-state index in [-0.39, 0.29) is 11.9 Å². The van der Waals surface area contributed by atoms with Crippen molar-refractivity contribution in [2.24, 2.45) is 7.05 Å². The van der Waals surface area contributed by atoms with E-state index in [1.165, 1.54) is 12.0 Å². The molecule has 1 aliphatic carbocycles. The summed E-state index contributed by atoms with van der Waals surface area (Å²) < 4.78 is 4.01. The average molecular weight is 405 g/mol. The maximum absolute atomic E-state index is 13.1. The summed E-state index contributed by atoms with van der Waals surface area (Å²) in [6.07, 6.45) is 7.63. The molecular formula is C23H28N6O. The fourth-order valence-corrected chi connectivity index (χ4v) is 4.82. The first-order valence-corrected chi connectivity index (χ1v) is 11.0. The van der Waals surface area contributed by atoms with Gasteiger partial charge in [-0.15, -0.1) is 10.2 Å². The molecule has 1 unspecified atom stereocenters. The standard InChI is InChI=1S/C23H28N6O/c1-28-22(18-9-5-6-10-19(18)27-28)23(30)24-17-11-12-20-25-26-21(29(20)14-13-17)15-16-7-3-2-4-8-16/h2-4,7-8,17H,5-6,9-15H2,1H3,(H,24,30). The van der Waals surface area contributed by atoms with Gasteiger partial charge in [0.25, 0.3) is 5.91 Å². The zero-order chi connectivity index (χ0) is 20.5. The van der Waals surface area contributed by atoms with Crippen LogP contribution in [0.2, 0.25) is 0 Å². The maximum atomic E-state index is 13.1. The second-order valence-electron chi connectivity index (χ2n) is 8.45. The number of aromatic nitrogens is 5. The van der Waals surface area contributed by atoms with Crippen LogP contribution in [0.25, 0.3) is 0 Å². The van der Waals surface area contributed by atoms with Crippen LogP contribution in [0.5, 0.6) is 0 Å². The summed E-state index contributed by atoms with van der Waals surface area (Å²) >= 11 is 0. The number of fused-ring (bicyclic) bond motifs is 2. The van der Waals surface area contributed by atoms with Gasteiger partial charge in [0.1, 0.15) is 17.3 Å². The summed E-state index contributed by atoms with van der Waals surface area (Å²) in [7, 11) is 1.89. The monoisotopic (exact) mass is 404 g/mol. The molecule has 1 aromatic carbocycles. The molecule has 2 aromatic heterocycles. The molecule has 2 aliphatic rings. The van der Waals surface area contributed by atoms with Gasteiger partial charge in [-0.25, -0.2) is 0 Å². The Morgan fingerprint density at radius 3 is 2.80 bits per heavy atom. The van der Waals surface area contributed by atoms with Crippen LogP contribution >= 0.6 is 0 Å². The molecule has 0 radical (unpaired) electrons. The van der Waals surface area contributed by atoms with Gasteiger partial charge >= 0.3 is 0 Å². The molecule has 0 saturated heterocycles. The highest BCUT2D eigenvalue weighted by Gasteiger charge is 2.27. The minimum Gasteiger partial charge on any atom is -0.348 e. The van der Waals surface area contributed by atoms with Crippen molar-refractivity contribution in [3.8, 4) is 0 Å². The molecule has 7 heteroatoms. The smallest absolute Gasteiger partial charge is 0.270 e. The SMILES string of the molecule is Cn1nc2c(c1C(=O)NC1CCc3nnc(Cc4ccccc4)n3CC1)CCCC2. The normalized spacial score (nSPS) is 18.4. The summed E-state index contributed by atoms with van der Waals surface area (Å²) in [5.41, 5.74) is 4.24. The number of amides is 1. The lowest BCUT2D eigenvalue weighted by Crippen LogP contribution is -2.36. The van der Waals surface area contributed by atoms with Gasteiger partial charge in [0.15, 0.2) is 0 Å². The third kappa shape index (κ3) is 3.64. The van der Waals surface area contributed by atoms with Crippen LogP contribution in [0, 0.1) is 0 Å². The van der Waals surface area contributed by atoms with E-state index in [4.69, 9.17) is 0 Å². The molecule has 0 saturated carbocycles. The van der Waals surface area contributed by atoms with E-state index < -0.39 is 0 Å². The quantitative estimate of drug-likeness (QED) is 0.725. The first-order chi connectivity index (χ1) is 14.7. The first-order valence-electron chi connectivity index (χ1n) is 11.0. The van der Waals surface area contributed by atoms with Crippen LogP contribution in [0.3, 0.4) is 0 Å². The Morgan fingerprint density at radius 2 is 1.93 bits per heavy atom. The second kappa shape index (κ2) is 8.05. The Kier molecular flexibility index (Phi) is 5.11. The second-order valence-corrected chi connectivity index (χ2v) is 8.45. The fourth-order valence-electron chi connectivity index (χ4n) is 4.82. The Morgan fingerprint density at radius 1 is 1.10 bits per heavy atom. The largest absolute Gasteiger partial charge is 0.348 e. The summed E-state index contributed by atoms with van der Waals surface area (Å²) in [4.78, 5) is 13.1.